The van der Waals surface area contributed by atoms with E-state index >= 15 is 0 Å². The molecule has 5 nitrogen and oxygen atoms in total. The number of imidazole rings is 1. The highest BCUT2D eigenvalue weighted by molar-refractivity contribution is 5.41. The molecule has 3 aromatic rings. The lowest BCUT2D eigenvalue weighted by Gasteiger charge is -2.15. The average molecular weight is 309 g/mol. The lowest BCUT2D eigenvalue weighted by Crippen LogP contribution is -2.21. The Hall–Kier alpha value is -2.14. The van der Waals surface area contributed by atoms with E-state index in [0.29, 0.717) is 0 Å². The van der Waals surface area contributed by atoms with Gasteiger partial charge in [0.05, 0.1) is 18.1 Å². The molecule has 4 rings (SSSR count). The van der Waals surface area contributed by atoms with Gasteiger partial charge in [-0.2, -0.15) is 5.10 Å². The summed E-state index contributed by atoms with van der Waals surface area (Å²) in [6.45, 7) is 5.44. The van der Waals surface area contributed by atoms with Crippen LogP contribution in [0.5, 0.6) is 0 Å². The number of pyridine rings is 1. The predicted molar refractivity (Wildman–Crippen MR) is 90.2 cm³/mol. The zero-order valence-electron chi connectivity index (χ0n) is 13.8. The Kier molecular flexibility index (Phi) is 3.65. The van der Waals surface area contributed by atoms with Crippen LogP contribution < -0.4 is 0 Å². The van der Waals surface area contributed by atoms with Gasteiger partial charge < -0.3 is 4.40 Å². The molecule has 1 fully saturated rings. The Morgan fingerprint density at radius 3 is 2.96 bits per heavy atom. The quantitative estimate of drug-likeness (QED) is 0.743. The highest BCUT2D eigenvalue weighted by atomic mass is 15.2. The molecule has 1 unspecified atom stereocenters. The molecule has 0 saturated carbocycles. The highest BCUT2D eigenvalue weighted by Crippen LogP contribution is 2.22. The molecule has 4 heterocycles. The Morgan fingerprint density at radius 2 is 2.13 bits per heavy atom. The summed E-state index contributed by atoms with van der Waals surface area (Å²) in [5, 5.41) is 4.27. The van der Waals surface area contributed by atoms with Gasteiger partial charge in [-0.1, -0.05) is 6.07 Å². The van der Waals surface area contributed by atoms with Gasteiger partial charge in [0.2, 0.25) is 0 Å². The zero-order valence-corrected chi connectivity index (χ0v) is 13.8. The molecular weight excluding hydrogens is 286 g/mol. The second kappa shape index (κ2) is 5.81. The van der Waals surface area contributed by atoms with Crippen molar-refractivity contribution in [1.29, 1.82) is 0 Å². The van der Waals surface area contributed by atoms with E-state index in [9.17, 15) is 0 Å². The molecule has 3 aromatic heterocycles. The lowest BCUT2D eigenvalue weighted by atomic mass is 10.0. The Bertz CT molecular complexity index is 816. The first-order chi connectivity index (χ1) is 11.2. The van der Waals surface area contributed by atoms with Crippen LogP contribution in [0.25, 0.3) is 5.65 Å². The van der Waals surface area contributed by atoms with Crippen LogP contribution in [0.3, 0.4) is 0 Å². The van der Waals surface area contributed by atoms with Crippen LogP contribution in [0.1, 0.15) is 23.2 Å². The summed E-state index contributed by atoms with van der Waals surface area (Å²) in [6, 6.07) is 4.21. The Morgan fingerprint density at radius 1 is 1.22 bits per heavy atom. The standard InChI is InChI=1S/C18H23N5/c1-14-3-4-18-19-9-17(23(18)10-14)13-22-6-5-15(12-22)7-16-8-20-21(2)11-16/h3-4,8-11,15H,5-7,12-13H2,1-2H3. The third-order valence-corrected chi connectivity index (χ3v) is 4.77. The molecule has 0 aliphatic carbocycles. The van der Waals surface area contributed by atoms with E-state index < -0.39 is 0 Å². The molecule has 5 heteroatoms. The van der Waals surface area contributed by atoms with Crippen molar-refractivity contribution in [3.05, 3.63) is 53.7 Å². The van der Waals surface area contributed by atoms with Gasteiger partial charge in [-0.15, -0.1) is 0 Å². The van der Waals surface area contributed by atoms with Crippen LogP contribution in [0.15, 0.2) is 36.9 Å². The normalized spacial score (nSPS) is 19.0. The van der Waals surface area contributed by atoms with E-state index in [4.69, 9.17) is 0 Å². The molecule has 1 aliphatic rings. The number of likely N-dealkylation sites (tertiary alicyclic amines) is 1. The molecular formula is C18H23N5. The monoisotopic (exact) mass is 309 g/mol. The minimum absolute atomic E-state index is 0.736. The molecule has 0 bridgehead atoms. The lowest BCUT2D eigenvalue weighted by molar-refractivity contribution is 0.311. The van der Waals surface area contributed by atoms with Crippen LogP contribution in [0.4, 0.5) is 0 Å². The van der Waals surface area contributed by atoms with Crippen molar-refractivity contribution in [1.82, 2.24) is 24.1 Å². The van der Waals surface area contributed by atoms with Crippen LogP contribution >= 0.6 is 0 Å². The molecule has 1 saturated heterocycles. The molecule has 0 aromatic carbocycles. The van der Waals surface area contributed by atoms with E-state index in [2.05, 4.69) is 50.8 Å². The van der Waals surface area contributed by atoms with Gasteiger partial charge >= 0.3 is 0 Å². The van der Waals surface area contributed by atoms with Crippen molar-refractivity contribution in [2.24, 2.45) is 13.0 Å². The molecule has 1 atom stereocenters. The van der Waals surface area contributed by atoms with Crippen molar-refractivity contribution in [2.75, 3.05) is 13.1 Å². The second-order valence-electron chi connectivity index (χ2n) is 6.80. The average Bonchev–Trinajstić information content (AvgIpc) is 3.22. The smallest absolute Gasteiger partial charge is 0.136 e. The number of hydrogen-bond acceptors (Lipinski definition) is 3. The summed E-state index contributed by atoms with van der Waals surface area (Å²) >= 11 is 0. The van der Waals surface area contributed by atoms with Gasteiger partial charge in [0.25, 0.3) is 0 Å². The summed E-state index contributed by atoms with van der Waals surface area (Å²) in [5.41, 5.74) is 4.94. The van der Waals surface area contributed by atoms with Gasteiger partial charge in [-0.3, -0.25) is 9.58 Å². The summed E-state index contributed by atoms with van der Waals surface area (Å²) in [7, 11) is 1.98. The van der Waals surface area contributed by atoms with E-state index in [0.717, 1.165) is 31.1 Å². The fraction of sp³-hybridized carbons (Fsp3) is 0.444. The maximum Gasteiger partial charge on any atom is 0.136 e. The van der Waals surface area contributed by atoms with Crippen LogP contribution in [0.2, 0.25) is 0 Å². The van der Waals surface area contributed by atoms with E-state index in [1.165, 1.54) is 29.8 Å². The molecule has 1 aliphatic heterocycles. The minimum Gasteiger partial charge on any atom is -0.303 e. The fourth-order valence-electron chi connectivity index (χ4n) is 3.62. The maximum atomic E-state index is 4.52. The van der Waals surface area contributed by atoms with Gasteiger partial charge in [0, 0.05) is 32.5 Å². The summed E-state index contributed by atoms with van der Waals surface area (Å²) in [6.07, 6.45) is 10.7. The third-order valence-electron chi connectivity index (χ3n) is 4.77. The molecule has 120 valence electrons. The number of aromatic nitrogens is 4. The molecule has 0 spiro atoms. The highest BCUT2D eigenvalue weighted by Gasteiger charge is 2.23. The molecule has 23 heavy (non-hydrogen) atoms. The SMILES string of the molecule is Cc1ccc2ncc(CN3CCC(Cc4cnn(C)c4)C3)n2c1. The number of hydrogen-bond donors (Lipinski definition) is 0. The Labute approximate surface area is 136 Å². The van der Waals surface area contributed by atoms with Crippen LogP contribution in [0, 0.1) is 12.8 Å². The topological polar surface area (TPSA) is 38.4 Å². The number of nitrogens with zero attached hydrogens (tertiary/aromatic N) is 5. The summed E-state index contributed by atoms with van der Waals surface area (Å²) < 4.78 is 4.12. The van der Waals surface area contributed by atoms with Crippen LogP contribution in [-0.2, 0) is 20.0 Å². The molecule has 0 amide bonds. The van der Waals surface area contributed by atoms with E-state index in [1.54, 1.807) is 0 Å². The van der Waals surface area contributed by atoms with E-state index in [1.807, 2.05) is 24.1 Å². The predicted octanol–water partition coefficient (Wildman–Crippen LogP) is 2.44. The van der Waals surface area contributed by atoms with Crippen molar-refractivity contribution in [2.45, 2.75) is 26.3 Å². The van der Waals surface area contributed by atoms with Crippen molar-refractivity contribution in [3.63, 3.8) is 0 Å². The van der Waals surface area contributed by atoms with E-state index in [-0.39, 0.29) is 0 Å². The first-order valence-electron chi connectivity index (χ1n) is 8.30. The van der Waals surface area contributed by atoms with Gasteiger partial charge in [-0.05, 0) is 49.4 Å². The van der Waals surface area contributed by atoms with Gasteiger partial charge in [0.1, 0.15) is 5.65 Å². The van der Waals surface area contributed by atoms with Crippen molar-refractivity contribution >= 4 is 5.65 Å². The summed E-state index contributed by atoms with van der Waals surface area (Å²) in [4.78, 5) is 7.07. The first kappa shape index (κ1) is 14.5. The minimum atomic E-state index is 0.736. The largest absolute Gasteiger partial charge is 0.303 e. The number of aryl methyl sites for hydroxylation is 2. The number of rotatable bonds is 4. The van der Waals surface area contributed by atoms with Crippen LogP contribution in [-0.4, -0.2) is 37.2 Å². The number of fused-ring (bicyclic) bond motifs is 1. The molecule has 0 N–H and O–H groups in total. The maximum absolute atomic E-state index is 4.52. The second-order valence-corrected chi connectivity index (χ2v) is 6.80. The molecule has 0 radical (unpaired) electrons. The zero-order chi connectivity index (χ0) is 15.8. The fourth-order valence-corrected chi connectivity index (χ4v) is 3.62. The first-order valence-corrected chi connectivity index (χ1v) is 8.30. The third kappa shape index (κ3) is 3.01. The van der Waals surface area contributed by atoms with Gasteiger partial charge in [0.15, 0.2) is 0 Å². The summed E-state index contributed by atoms with van der Waals surface area (Å²) in [5.74, 6) is 0.736. The Balaban J connectivity index is 1.42. The van der Waals surface area contributed by atoms with Crippen molar-refractivity contribution < 1.29 is 0 Å². The van der Waals surface area contributed by atoms with Crippen molar-refractivity contribution in [3.8, 4) is 0 Å². The van der Waals surface area contributed by atoms with Gasteiger partial charge in [-0.25, -0.2) is 4.98 Å².